The lowest BCUT2D eigenvalue weighted by Gasteiger charge is -2.24. The van der Waals surface area contributed by atoms with Crippen LogP contribution in [0.15, 0.2) is 11.4 Å². The van der Waals surface area contributed by atoms with Crippen molar-refractivity contribution in [1.82, 2.24) is 0 Å². The first-order valence-electron chi connectivity index (χ1n) is 6.14. The van der Waals surface area contributed by atoms with Gasteiger partial charge in [-0.1, -0.05) is 31.1 Å². The lowest BCUT2D eigenvalue weighted by Crippen LogP contribution is -2.13. The molecule has 1 heterocycles. The van der Waals surface area contributed by atoms with Crippen LogP contribution in [0.5, 0.6) is 0 Å². The summed E-state index contributed by atoms with van der Waals surface area (Å²) >= 11 is 1.67. The molecule has 0 spiro atoms. The number of hydrogen-bond acceptors (Lipinski definition) is 3. The minimum absolute atomic E-state index is 0.0855. The molecule has 1 aliphatic rings. The van der Waals surface area contributed by atoms with Gasteiger partial charge in [0.15, 0.2) is 0 Å². The number of ether oxygens (including phenoxy) is 1. The molecule has 0 amide bonds. The Hall–Kier alpha value is -0.820. The molecule has 2 rings (SSSR count). The number of hydrogen-bond donors (Lipinski definition) is 1. The summed E-state index contributed by atoms with van der Waals surface area (Å²) in [6, 6.07) is 1.98. The van der Waals surface area contributed by atoms with Gasteiger partial charge in [0.25, 0.3) is 0 Å². The average Bonchev–Trinajstić information content (AvgIpc) is 2.71. The Labute approximate surface area is 107 Å². The molecular formula is C14H18O2S. The second-order valence-corrected chi connectivity index (χ2v) is 5.36. The first-order valence-corrected chi connectivity index (χ1v) is 7.02. The second kappa shape index (κ2) is 6.80. The minimum atomic E-state index is -0.0855. The van der Waals surface area contributed by atoms with Gasteiger partial charge in [-0.3, -0.25) is 0 Å². The molecule has 1 saturated carbocycles. The van der Waals surface area contributed by atoms with Crippen LogP contribution >= 0.6 is 11.3 Å². The number of rotatable bonds is 5. The van der Waals surface area contributed by atoms with Crippen LogP contribution < -0.4 is 0 Å². The zero-order chi connectivity index (χ0) is 11.9. The quantitative estimate of drug-likeness (QED) is 0.643. The van der Waals surface area contributed by atoms with Gasteiger partial charge in [0.2, 0.25) is 0 Å². The third kappa shape index (κ3) is 3.85. The summed E-state index contributed by atoms with van der Waals surface area (Å²) in [7, 11) is 0. The van der Waals surface area contributed by atoms with Crippen molar-refractivity contribution >= 4 is 11.3 Å². The van der Waals surface area contributed by atoms with Crippen molar-refractivity contribution < 1.29 is 9.84 Å². The Kier molecular flexibility index (Phi) is 5.06. The highest BCUT2D eigenvalue weighted by Crippen LogP contribution is 2.29. The van der Waals surface area contributed by atoms with E-state index in [1.807, 2.05) is 11.4 Å². The topological polar surface area (TPSA) is 29.5 Å². The Bertz CT molecular complexity index is 396. The molecule has 0 saturated heterocycles. The molecule has 1 N–H and O–H groups in total. The first-order chi connectivity index (χ1) is 8.40. The van der Waals surface area contributed by atoms with Gasteiger partial charge in [-0.05, 0) is 23.8 Å². The van der Waals surface area contributed by atoms with E-state index in [1.54, 1.807) is 11.3 Å². The Morgan fingerprint density at radius 2 is 2.35 bits per heavy atom. The molecule has 2 nitrogen and oxygen atoms in total. The van der Waals surface area contributed by atoms with E-state index in [0.29, 0.717) is 6.61 Å². The van der Waals surface area contributed by atoms with Crippen molar-refractivity contribution in [3.63, 3.8) is 0 Å². The van der Waals surface area contributed by atoms with E-state index in [4.69, 9.17) is 9.84 Å². The zero-order valence-corrected chi connectivity index (χ0v) is 10.8. The van der Waals surface area contributed by atoms with E-state index in [9.17, 15) is 0 Å². The molecule has 0 radical (unpaired) electrons. The monoisotopic (exact) mass is 250 g/mol. The van der Waals surface area contributed by atoms with Gasteiger partial charge in [-0.2, -0.15) is 0 Å². The summed E-state index contributed by atoms with van der Waals surface area (Å²) in [5.74, 6) is 6.53. The molecule has 0 aromatic carbocycles. The Morgan fingerprint density at radius 1 is 1.47 bits per heavy atom. The predicted octanol–water partition coefficient (Wildman–Crippen LogP) is 2.80. The van der Waals surface area contributed by atoms with Gasteiger partial charge in [0.1, 0.15) is 6.61 Å². The average molecular weight is 250 g/mol. The highest BCUT2D eigenvalue weighted by atomic mass is 32.1. The van der Waals surface area contributed by atoms with E-state index >= 15 is 0 Å². The van der Waals surface area contributed by atoms with Gasteiger partial charge < -0.3 is 9.84 Å². The lowest BCUT2D eigenvalue weighted by atomic mass is 9.83. The molecule has 1 aliphatic carbocycles. The van der Waals surface area contributed by atoms with Crippen molar-refractivity contribution in [3.8, 4) is 11.8 Å². The van der Waals surface area contributed by atoms with Crippen LogP contribution in [-0.2, 0) is 11.3 Å². The molecule has 0 aliphatic heterocycles. The normalized spacial score (nSPS) is 15.1. The second-order valence-electron chi connectivity index (χ2n) is 4.36. The zero-order valence-electron chi connectivity index (χ0n) is 9.95. The summed E-state index contributed by atoms with van der Waals surface area (Å²) in [6.07, 6.45) is 5.37. The van der Waals surface area contributed by atoms with E-state index in [2.05, 4.69) is 11.8 Å². The fourth-order valence-electron chi connectivity index (χ4n) is 1.89. The van der Waals surface area contributed by atoms with Crippen LogP contribution in [0, 0.1) is 17.8 Å². The lowest BCUT2D eigenvalue weighted by molar-refractivity contribution is 0.0965. The van der Waals surface area contributed by atoms with E-state index in [1.165, 1.54) is 30.6 Å². The van der Waals surface area contributed by atoms with Crippen molar-refractivity contribution in [2.75, 3.05) is 13.2 Å². The minimum Gasteiger partial charge on any atom is -0.384 e. The Morgan fingerprint density at radius 3 is 3.06 bits per heavy atom. The summed E-state index contributed by atoms with van der Waals surface area (Å²) in [4.78, 5) is 1.17. The van der Waals surface area contributed by atoms with Crippen LogP contribution in [-0.4, -0.2) is 18.3 Å². The fourth-order valence-corrected chi connectivity index (χ4v) is 2.66. The molecule has 1 aromatic rings. The summed E-state index contributed by atoms with van der Waals surface area (Å²) < 4.78 is 5.69. The van der Waals surface area contributed by atoms with Crippen LogP contribution in [0.3, 0.4) is 0 Å². The van der Waals surface area contributed by atoms with Gasteiger partial charge in [-0.25, -0.2) is 0 Å². The highest BCUT2D eigenvalue weighted by molar-refractivity contribution is 7.10. The number of aliphatic hydroxyl groups is 1. The molecule has 0 bridgehead atoms. The van der Waals surface area contributed by atoms with Crippen LogP contribution in [0.25, 0.3) is 0 Å². The van der Waals surface area contributed by atoms with Crippen LogP contribution in [0.1, 0.15) is 36.1 Å². The smallest absolute Gasteiger partial charge is 0.104 e. The van der Waals surface area contributed by atoms with E-state index < -0.39 is 0 Å². The SMILES string of the molecule is OCC#Cc1ccsc1COCCC1CCC1. The van der Waals surface area contributed by atoms with Gasteiger partial charge >= 0.3 is 0 Å². The molecule has 0 unspecified atom stereocenters. The molecule has 17 heavy (non-hydrogen) atoms. The van der Waals surface area contributed by atoms with Crippen molar-refractivity contribution in [3.05, 3.63) is 21.9 Å². The van der Waals surface area contributed by atoms with Gasteiger partial charge in [0.05, 0.1) is 6.61 Å². The van der Waals surface area contributed by atoms with E-state index in [-0.39, 0.29) is 6.61 Å². The van der Waals surface area contributed by atoms with Crippen LogP contribution in [0.4, 0.5) is 0 Å². The van der Waals surface area contributed by atoms with Crippen LogP contribution in [0.2, 0.25) is 0 Å². The number of aliphatic hydroxyl groups excluding tert-OH is 1. The molecule has 1 fully saturated rings. The third-order valence-electron chi connectivity index (χ3n) is 3.18. The maximum absolute atomic E-state index is 8.66. The molecule has 3 heteroatoms. The predicted molar refractivity (Wildman–Crippen MR) is 69.9 cm³/mol. The van der Waals surface area contributed by atoms with Gasteiger partial charge in [-0.15, -0.1) is 11.3 Å². The fraction of sp³-hybridized carbons (Fsp3) is 0.571. The van der Waals surface area contributed by atoms with Gasteiger partial charge in [0, 0.05) is 17.0 Å². The molecule has 0 atom stereocenters. The summed E-state index contributed by atoms with van der Waals surface area (Å²) in [6.45, 7) is 1.42. The van der Waals surface area contributed by atoms with E-state index in [0.717, 1.165) is 18.1 Å². The maximum Gasteiger partial charge on any atom is 0.104 e. The first kappa shape index (κ1) is 12.6. The standard InChI is InChI=1S/C14H18O2S/c15-8-2-5-13-7-10-17-14(13)11-16-9-6-12-3-1-4-12/h7,10,12,15H,1,3-4,6,8-9,11H2. The Balaban J connectivity index is 1.72. The maximum atomic E-state index is 8.66. The van der Waals surface area contributed by atoms with Crippen molar-refractivity contribution in [1.29, 1.82) is 0 Å². The molecule has 1 aromatic heterocycles. The highest BCUT2D eigenvalue weighted by Gasteiger charge is 2.16. The largest absolute Gasteiger partial charge is 0.384 e. The summed E-state index contributed by atoms with van der Waals surface area (Å²) in [5.41, 5.74) is 0.993. The summed E-state index contributed by atoms with van der Waals surface area (Å²) in [5, 5.41) is 10.7. The van der Waals surface area contributed by atoms with Crippen molar-refractivity contribution in [2.24, 2.45) is 5.92 Å². The third-order valence-corrected chi connectivity index (χ3v) is 4.07. The molecule has 92 valence electrons. The van der Waals surface area contributed by atoms with Crippen molar-refractivity contribution in [2.45, 2.75) is 32.3 Å². The molecular weight excluding hydrogens is 232 g/mol. The number of thiophene rings is 1.